The van der Waals surface area contributed by atoms with Crippen LogP contribution in [0, 0.1) is 0 Å². The van der Waals surface area contributed by atoms with Gasteiger partial charge in [0, 0.05) is 24.7 Å². The Hall–Kier alpha value is -4.05. The number of urea groups is 1. The van der Waals surface area contributed by atoms with Crippen molar-refractivity contribution in [2.24, 2.45) is 0 Å². The van der Waals surface area contributed by atoms with Crippen LogP contribution in [0.15, 0.2) is 48.7 Å². The highest BCUT2D eigenvalue weighted by atomic mass is 35.5. The maximum absolute atomic E-state index is 12.4. The van der Waals surface area contributed by atoms with Gasteiger partial charge in [0.15, 0.2) is 5.82 Å². The summed E-state index contributed by atoms with van der Waals surface area (Å²) in [7, 11) is 1.54. The van der Waals surface area contributed by atoms with Crippen LogP contribution in [0.5, 0.6) is 5.75 Å². The Balaban J connectivity index is 1.46. The van der Waals surface area contributed by atoms with Gasteiger partial charge < -0.3 is 31.3 Å². The Morgan fingerprint density at radius 1 is 0.973 bits per heavy atom. The largest absolute Gasteiger partial charge is 0.494 e. The van der Waals surface area contributed by atoms with E-state index in [0.717, 1.165) is 25.7 Å². The normalized spacial score (nSPS) is 13.4. The van der Waals surface area contributed by atoms with Gasteiger partial charge in [-0.3, -0.25) is 4.79 Å². The number of rotatable bonds is 8. The van der Waals surface area contributed by atoms with Gasteiger partial charge in [0.25, 0.3) is 0 Å². The van der Waals surface area contributed by atoms with E-state index in [9.17, 15) is 9.59 Å². The molecule has 0 aliphatic heterocycles. The minimum Gasteiger partial charge on any atom is -0.494 e. The van der Waals surface area contributed by atoms with E-state index < -0.39 is 0 Å². The van der Waals surface area contributed by atoms with Crippen molar-refractivity contribution in [3.8, 4) is 5.75 Å². The Kier molecular flexibility index (Phi) is 8.63. The fraction of sp³-hybridized carbons (Fsp3) is 0.308. The standard InChI is InChI=1S/C26H30ClN7O3/c1-16(35)29-20-10-6-7-11-21(20)32-24-19(27)15-28-25(34-24)33-22-13-12-18(14-23(22)37-2)31-26(36)30-17-8-4-3-5-9-17/h6-7,10-15,17H,3-5,8-9H2,1-2H3,(H,29,35)(H2,30,31,36)(H2,28,32,33,34). The van der Waals surface area contributed by atoms with Crippen molar-refractivity contribution in [2.45, 2.75) is 45.1 Å². The van der Waals surface area contributed by atoms with Crippen LogP contribution in [0.2, 0.25) is 5.02 Å². The summed E-state index contributed by atoms with van der Waals surface area (Å²) in [5.41, 5.74) is 2.43. The molecule has 0 spiro atoms. The summed E-state index contributed by atoms with van der Waals surface area (Å²) in [6, 6.07) is 12.5. The van der Waals surface area contributed by atoms with Crippen LogP contribution in [0.3, 0.4) is 0 Å². The highest BCUT2D eigenvalue weighted by Crippen LogP contribution is 2.32. The SMILES string of the molecule is COc1cc(NC(=O)NC2CCCCC2)ccc1Nc1ncc(Cl)c(Nc2ccccc2NC(C)=O)n1. The highest BCUT2D eigenvalue weighted by Gasteiger charge is 2.16. The lowest BCUT2D eigenvalue weighted by Crippen LogP contribution is -2.39. The molecule has 3 amide bonds. The molecule has 4 rings (SSSR count). The lowest BCUT2D eigenvalue weighted by Gasteiger charge is -2.23. The van der Waals surface area contributed by atoms with E-state index in [4.69, 9.17) is 16.3 Å². The third kappa shape index (κ3) is 7.23. The Bertz CT molecular complexity index is 1260. The Morgan fingerprint density at radius 3 is 2.46 bits per heavy atom. The predicted molar refractivity (Wildman–Crippen MR) is 146 cm³/mol. The van der Waals surface area contributed by atoms with Gasteiger partial charge in [0.05, 0.1) is 30.4 Å². The van der Waals surface area contributed by atoms with Crippen molar-refractivity contribution in [1.29, 1.82) is 0 Å². The fourth-order valence-corrected chi connectivity index (χ4v) is 4.26. The number of hydrogen-bond donors (Lipinski definition) is 5. The van der Waals surface area contributed by atoms with Gasteiger partial charge in [-0.05, 0) is 37.1 Å². The zero-order valence-electron chi connectivity index (χ0n) is 20.7. The van der Waals surface area contributed by atoms with Gasteiger partial charge in [-0.15, -0.1) is 0 Å². The van der Waals surface area contributed by atoms with Crippen molar-refractivity contribution in [3.05, 3.63) is 53.7 Å². The highest BCUT2D eigenvalue weighted by molar-refractivity contribution is 6.33. The van der Waals surface area contributed by atoms with Crippen molar-refractivity contribution in [3.63, 3.8) is 0 Å². The average Bonchev–Trinajstić information content (AvgIpc) is 2.88. The number of halogens is 1. The maximum Gasteiger partial charge on any atom is 0.319 e. The molecule has 1 aromatic heterocycles. The molecule has 0 unspecified atom stereocenters. The third-order valence-electron chi connectivity index (χ3n) is 5.88. The molecule has 1 aliphatic carbocycles. The summed E-state index contributed by atoms with van der Waals surface area (Å²) in [5.74, 6) is 0.938. The second-order valence-electron chi connectivity index (χ2n) is 8.72. The second-order valence-corrected chi connectivity index (χ2v) is 9.12. The molecule has 11 heteroatoms. The molecule has 5 N–H and O–H groups in total. The smallest absolute Gasteiger partial charge is 0.319 e. The zero-order valence-corrected chi connectivity index (χ0v) is 21.5. The molecular weight excluding hydrogens is 494 g/mol. The van der Waals surface area contributed by atoms with Crippen molar-refractivity contribution < 1.29 is 14.3 Å². The van der Waals surface area contributed by atoms with Crippen LogP contribution in [-0.4, -0.2) is 35.1 Å². The van der Waals surface area contributed by atoms with E-state index in [0.29, 0.717) is 39.3 Å². The van der Waals surface area contributed by atoms with Gasteiger partial charge in [-0.25, -0.2) is 9.78 Å². The first-order valence-electron chi connectivity index (χ1n) is 12.1. The van der Waals surface area contributed by atoms with Crippen molar-refractivity contribution >= 4 is 58.1 Å². The van der Waals surface area contributed by atoms with Crippen LogP contribution in [0.25, 0.3) is 0 Å². The van der Waals surface area contributed by atoms with Gasteiger partial charge in [0.2, 0.25) is 11.9 Å². The summed E-state index contributed by atoms with van der Waals surface area (Å²) >= 11 is 6.33. The molecule has 0 atom stereocenters. The minimum atomic E-state index is -0.231. The second kappa shape index (κ2) is 12.3. The van der Waals surface area contributed by atoms with Crippen molar-refractivity contribution in [1.82, 2.24) is 15.3 Å². The van der Waals surface area contributed by atoms with E-state index in [1.807, 2.05) is 12.1 Å². The van der Waals surface area contributed by atoms with Gasteiger partial charge >= 0.3 is 6.03 Å². The zero-order chi connectivity index (χ0) is 26.2. The molecule has 1 saturated carbocycles. The van der Waals surface area contributed by atoms with Crippen LogP contribution in [0.1, 0.15) is 39.0 Å². The third-order valence-corrected chi connectivity index (χ3v) is 6.16. The molecule has 0 radical (unpaired) electrons. The fourth-order valence-electron chi connectivity index (χ4n) is 4.13. The molecule has 2 aromatic carbocycles. The Labute approximate surface area is 220 Å². The van der Waals surface area contributed by atoms with E-state index in [-0.39, 0.29) is 23.9 Å². The van der Waals surface area contributed by atoms with Gasteiger partial charge in [-0.1, -0.05) is 43.0 Å². The van der Waals surface area contributed by atoms with Crippen molar-refractivity contribution in [2.75, 3.05) is 28.4 Å². The number of benzene rings is 2. The number of nitrogens with zero attached hydrogens (tertiary/aromatic N) is 2. The molecule has 1 heterocycles. The van der Waals surface area contributed by atoms with Crippen LogP contribution in [-0.2, 0) is 4.79 Å². The molecular formula is C26H30ClN7O3. The molecule has 1 fully saturated rings. The molecule has 194 valence electrons. The summed E-state index contributed by atoms with van der Waals surface area (Å²) in [4.78, 5) is 32.7. The predicted octanol–water partition coefficient (Wildman–Crippen LogP) is 6.04. The summed E-state index contributed by atoms with van der Waals surface area (Å²) in [6.07, 6.45) is 7.01. The van der Waals surface area contributed by atoms with Crippen LogP contribution < -0.4 is 31.3 Å². The summed E-state index contributed by atoms with van der Waals surface area (Å²) in [6.45, 7) is 1.44. The molecule has 37 heavy (non-hydrogen) atoms. The van der Waals surface area contributed by atoms with E-state index in [1.54, 1.807) is 37.4 Å². The Morgan fingerprint density at radius 2 is 1.73 bits per heavy atom. The minimum absolute atomic E-state index is 0.193. The first kappa shape index (κ1) is 26.0. The quantitative estimate of drug-likeness (QED) is 0.243. The molecule has 1 aliphatic rings. The van der Waals surface area contributed by atoms with Crippen LogP contribution >= 0.6 is 11.6 Å². The molecule has 0 bridgehead atoms. The molecule has 10 nitrogen and oxygen atoms in total. The number of aromatic nitrogens is 2. The summed E-state index contributed by atoms with van der Waals surface area (Å²) < 4.78 is 5.52. The van der Waals surface area contributed by atoms with Gasteiger partial charge in [-0.2, -0.15) is 4.98 Å². The monoisotopic (exact) mass is 523 g/mol. The lowest BCUT2D eigenvalue weighted by atomic mass is 9.96. The number of ether oxygens (including phenoxy) is 1. The number of carbonyl (C=O) groups excluding carboxylic acids is 2. The number of carbonyl (C=O) groups is 2. The number of anilines is 6. The number of hydrogen-bond acceptors (Lipinski definition) is 7. The number of nitrogens with one attached hydrogen (secondary N) is 5. The number of amides is 3. The molecule has 0 saturated heterocycles. The van der Waals surface area contributed by atoms with E-state index in [2.05, 4.69) is 36.6 Å². The van der Waals surface area contributed by atoms with Crippen LogP contribution in [0.4, 0.5) is 39.3 Å². The van der Waals surface area contributed by atoms with E-state index >= 15 is 0 Å². The molecule has 3 aromatic rings. The lowest BCUT2D eigenvalue weighted by molar-refractivity contribution is -0.114. The average molecular weight is 524 g/mol. The van der Waals surface area contributed by atoms with Gasteiger partial charge in [0.1, 0.15) is 10.8 Å². The number of methoxy groups -OCH3 is 1. The summed E-state index contributed by atoms with van der Waals surface area (Å²) in [5, 5.41) is 15.2. The topological polar surface area (TPSA) is 129 Å². The maximum atomic E-state index is 12.4. The van der Waals surface area contributed by atoms with E-state index in [1.165, 1.54) is 19.5 Å². The number of para-hydroxylation sites is 2. The first-order chi connectivity index (χ1) is 17.9. The first-order valence-corrected chi connectivity index (χ1v) is 12.5.